The van der Waals surface area contributed by atoms with E-state index in [9.17, 15) is 9.18 Å². The molecule has 0 aliphatic carbocycles. The summed E-state index contributed by atoms with van der Waals surface area (Å²) in [6.45, 7) is 4.49. The molecular formula is C21H22BrFN4O2. The lowest BCUT2D eigenvalue weighted by molar-refractivity contribution is -0.137. The lowest BCUT2D eigenvalue weighted by Gasteiger charge is -2.25. The van der Waals surface area contributed by atoms with Crippen LogP contribution in [0.2, 0.25) is 0 Å². The molecule has 1 aliphatic rings. The van der Waals surface area contributed by atoms with Gasteiger partial charge in [0.25, 0.3) is 5.91 Å². The van der Waals surface area contributed by atoms with Crippen molar-refractivity contribution in [3.63, 3.8) is 0 Å². The summed E-state index contributed by atoms with van der Waals surface area (Å²) in [6.07, 6.45) is 0.185. The normalized spacial score (nSPS) is 16.0. The number of ether oxygens (including phenoxy) is 1. The van der Waals surface area contributed by atoms with Crippen LogP contribution in [0.4, 0.5) is 10.3 Å². The number of H-pyrrole nitrogens is 1. The van der Waals surface area contributed by atoms with Crippen LogP contribution in [0, 0.1) is 5.82 Å². The topological polar surface area (TPSA) is 61.5 Å². The van der Waals surface area contributed by atoms with Crippen molar-refractivity contribution < 1.29 is 13.9 Å². The molecule has 0 saturated carbocycles. The first kappa shape index (κ1) is 19.7. The average Bonchev–Trinajstić information content (AvgIpc) is 2.99. The Morgan fingerprint density at radius 1 is 1.21 bits per heavy atom. The first-order chi connectivity index (χ1) is 14.0. The van der Waals surface area contributed by atoms with E-state index in [1.54, 1.807) is 6.92 Å². The van der Waals surface area contributed by atoms with E-state index >= 15 is 0 Å². The standard InChI is InChI=1S/C21H22BrFN4O2/c1-14(29-19-8-7-15(23)13-16(19)22)20(28)26-9-4-10-27(12-11-26)21-24-17-5-2-3-6-18(17)25-21/h2-3,5-8,13-14H,4,9-12H2,1H3,(H,24,25). The Morgan fingerprint density at radius 3 is 2.83 bits per heavy atom. The summed E-state index contributed by atoms with van der Waals surface area (Å²) >= 11 is 3.27. The Labute approximate surface area is 176 Å². The van der Waals surface area contributed by atoms with Gasteiger partial charge >= 0.3 is 0 Å². The minimum Gasteiger partial charge on any atom is -0.480 e. The number of carbonyl (C=O) groups is 1. The summed E-state index contributed by atoms with van der Waals surface area (Å²) in [7, 11) is 0. The van der Waals surface area contributed by atoms with Gasteiger partial charge in [-0.25, -0.2) is 9.37 Å². The van der Waals surface area contributed by atoms with Crippen molar-refractivity contribution in [2.24, 2.45) is 0 Å². The number of para-hydroxylation sites is 2. The Balaban J connectivity index is 1.40. The zero-order valence-corrected chi connectivity index (χ0v) is 17.7. The summed E-state index contributed by atoms with van der Waals surface area (Å²) in [5.74, 6) is 0.847. The van der Waals surface area contributed by atoms with Gasteiger partial charge in [0.2, 0.25) is 5.95 Å². The number of hydrogen-bond donors (Lipinski definition) is 1. The van der Waals surface area contributed by atoms with Crippen LogP contribution in [0.25, 0.3) is 11.0 Å². The number of anilines is 1. The molecule has 0 bridgehead atoms. The average molecular weight is 461 g/mol. The third kappa shape index (κ3) is 4.37. The molecule has 0 spiro atoms. The highest BCUT2D eigenvalue weighted by atomic mass is 79.9. The van der Waals surface area contributed by atoms with Crippen molar-refractivity contribution in [2.75, 3.05) is 31.1 Å². The van der Waals surface area contributed by atoms with Crippen LogP contribution in [-0.4, -0.2) is 53.1 Å². The molecule has 2 heterocycles. The number of aromatic nitrogens is 2. The number of imidazole rings is 1. The second kappa shape index (κ2) is 8.41. The highest BCUT2D eigenvalue weighted by Crippen LogP contribution is 2.27. The van der Waals surface area contributed by atoms with Gasteiger partial charge in [0, 0.05) is 26.2 Å². The van der Waals surface area contributed by atoms with E-state index in [0.717, 1.165) is 29.9 Å². The predicted octanol–water partition coefficient (Wildman–Crippen LogP) is 3.97. The number of carbonyl (C=O) groups excluding carboxylic acids is 1. The number of amides is 1. The van der Waals surface area contributed by atoms with Crippen molar-refractivity contribution in [1.29, 1.82) is 0 Å². The SMILES string of the molecule is CC(Oc1ccc(F)cc1Br)C(=O)N1CCCN(c2nc3ccccc3[nH]2)CC1. The number of aromatic amines is 1. The lowest BCUT2D eigenvalue weighted by atomic mass is 10.3. The van der Waals surface area contributed by atoms with Crippen LogP contribution in [0.1, 0.15) is 13.3 Å². The summed E-state index contributed by atoms with van der Waals surface area (Å²) < 4.78 is 19.5. The van der Waals surface area contributed by atoms with Gasteiger partial charge in [0.15, 0.2) is 6.10 Å². The number of nitrogens with zero attached hydrogens (tertiary/aromatic N) is 3. The monoisotopic (exact) mass is 460 g/mol. The highest BCUT2D eigenvalue weighted by molar-refractivity contribution is 9.10. The maximum absolute atomic E-state index is 13.3. The molecule has 1 N–H and O–H groups in total. The fraction of sp³-hybridized carbons (Fsp3) is 0.333. The van der Waals surface area contributed by atoms with E-state index in [4.69, 9.17) is 4.74 Å². The zero-order valence-electron chi connectivity index (χ0n) is 16.1. The fourth-order valence-corrected chi connectivity index (χ4v) is 3.95. The Hall–Kier alpha value is -2.61. The van der Waals surface area contributed by atoms with Gasteiger partial charge in [-0.05, 0) is 59.6 Å². The van der Waals surface area contributed by atoms with Gasteiger partial charge in [0.05, 0.1) is 15.5 Å². The second-order valence-corrected chi connectivity index (χ2v) is 7.93. The molecule has 29 heavy (non-hydrogen) atoms. The maximum atomic E-state index is 13.3. The number of hydrogen-bond acceptors (Lipinski definition) is 4. The van der Waals surface area contributed by atoms with Crippen molar-refractivity contribution in [2.45, 2.75) is 19.4 Å². The Morgan fingerprint density at radius 2 is 2.03 bits per heavy atom. The molecule has 152 valence electrons. The van der Waals surface area contributed by atoms with Gasteiger partial charge in [-0.15, -0.1) is 0 Å². The second-order valence-electron chi connectivity index (χ2n) is 7.08. The van der Waals surface area contributed by atoms with Gasteiger partial charge in [-0.2, -0.15) is 0 Å². The molecule has 1 amide bonds. The third-order valence-corrected chi connectivity index (χ3v) is 5.65. The van der Waals surface area contributed by atoms with Crippen LogP contribution in [0.15, 0.2) is 46.9 Å². The quantitative estimate of drug-likeness (QED) is 0.639. The van der Waals surface area contributed by atoms with Crippen LogP contribution in [0.3, 0.4) is 0 Å². The summed E-state index contributed by atoms with van der Waals surface area (Å²) in [6, 6.07) is 12.1. The number of rotatable bonds is 4. The zero-order chi connectivity index (χ0) is 20.4. The van der Waals surface area contributed by atoms with E-state index < -0.39 is 6.10 Å². The molecule has 1 atom stereocenters. The number of halogens is 2. The van der Waals surface area contributed by atoms with Crippen LogP contribution < -0.4 is 9.64 Å². The minimum absolute atomic E-state index is 0.0762. The van der Waals surface area contributed by atoms with Gasteiger partial charge < -0.3 is 19.5 Å². The molecule has 1 fully saturated rings. The third-order valence-electron chi connectivity index (χ3n) is 5.03. The molecular weight excluding hydrogens is 439 g/mol. The lowest BCUT2D eigenvalue weighted by Crippen LogP contribution is -2.42. The maximum Gasteiger partial charge on any atom is 0.263 e. The molecule has 1 unspecified atom stereocenters. The van der Waals surface area contributed by atoms with E-state index in [1.807, 2.05) is 29.2 Å². The van der Waals surface area contributed by atoms with Crippen molar-refractivity contribution in [1.82, 2.24) is 14.9 Å². The summed E-state index contributed by atoms with van der Waals surface area (Å²) in [5.41, 5.74) is 1.94. The molecule has 1 aliphatic heterocycles. The first-order valence-corrected chi connectivity index (χ1v) is 10.4. The smallest absolute Gasteiger partial charge is 0.263 e. The van der Waals surface area contributed by atoms with E-state index in [-0.39, 0.29) is 11.7 Å². The van der Waals surface area contributed by atoms with Gasteiger partial charge in [0.1, 0.15) is 11.6 Å². The minimum atomic E-state index is -0.658. The molecule has 3 aromatic rings. The Bertz CT molecular complexity index is 992. The van der Waals surface area contributed by atoms with Crippen LogP contribution in [0.5, 0.6) is 5.75 Å². The molecule has 8 heteroatoms. The number of benzene rings is 2. The van der Waals surface area contributed by atoms with Crippen LogP contribution >= 0.6 is 15.9 Å². The van der Waals surface area contributed by atoms with Gasteiger partial charge in [-0.1, -0.05) is 12.1 Å². The molecule has 6 nitrogen and oxygen atoms in total. The van der Waals surface area contributed by atoms with Crippen molar-refractivity contribution >= 4 is 38.8 Å². The highest BCUT2D eigenvalue weighted by Gasteiger charge is 2.26. The summed E-state index contributed by atoms with van der Waals surface area (Å²) in [4.78, 5) is 24.9. The van der Waals surface area contributed by atoms with E-state index in [1.165, 1.54) is 18.2 Å². The largest absolute Gasteiger partial charge is 0.480 e. The molecule has 4 rings (SSSR count). The number of fused-ring (bicyclic) bond motifs is 1. The molecule has 1 aromatic heterocycles. The fourth-order valence-electron chi connectivity index (χ4n) is 3.51. The van der Waals surface area contributed by atoms with Crippen LogP contribution in [-0.2, 0) is 4.79 Å². The molecule has 2 aromatic carbocycles. The van der Waals surface area contributed by atoms with E-state index in [0.29, 0.717) is 29.9 Å². The molecule has 0 radical (unpaired) electrons. The number of nitrogens with one attached hydrogen (secondary N) is 1. The van der Waals surface area contributed by atoms with Crippen molar-refractivity contribution in [3.05, 3.63) is 52.8 Å². The van der Waals surface area contributed by atoms with Crippen molar-refractivity contribution in [3.8, 4) is 5.75 Å². The predicted molar refractivity (Wildman–Crippen MR) is 114 cm³/mol. The van der Waals surface area contributed by atoms with Gasteiger partial charge in [-0.3, -0.25) is 4.79 Å². The molecule has 1 saturated heterocycles. The Kier molecular flexibility index (Phi) is 5.71. The first-order valence-electron chi connectivity index (χ1n) is 9.61. The van der Waals surface area contributed by atoms with E-state index in [2.05, 4.69) is 30.8 Å². The summed E-state index contributed by atoms with van der Waals surface area (Å²) in [5, 5.41) is 0.